The number of rotatable bonds is 8. The summed E-state index contributed by atoms with van der Waals surface area (Å²) in [5.41, 5.74) is 2.27. The van der Waals surface area contributed by atoms with Crippen LogP contribution in [-0.2, 0) is 6.42 Å². The van der Waals surface area contributed by atoms with Gasteiger partial charge in [-0.25, -0.2) is 0 Å². The van der Waals surface area contributed by atoms with Crippen LogP contribution in [0.1, 0.15) is 24.5 Å². The van der Waals surface area contributed by atoms with Gasteiger partial charge in [0.2, 0.25) is 0 Å². The van der Waals surface area contributed by atoms with Crippen molar-refractivity contribution in [1.82, 2.24) is 15.5 Å². The van der Waals surface area contributed by atoms with E-state index in [2.05, 4.69) is 21.7 Å². The van der Waals surface area contributed by atoms with Crippen molar-refractivity contribution in [2.24, 2.45) is 10.9 Å². The number of alkyl halides is 3. The molecule has 2 rings (SSSR count). The Morgan fingerprint density at radius 3 is 2.72 bits per heavy atom. The first-order valence-electron chi connectivity index (χ1n) is 9.75. The van der Waals surface area contributed by atoms with Gasteiger partial charge in [0.25, 0.3) is 0 Å². The summed E-state index contributed by atoms with van der Waals surface area (Å²) in [6.07, 6.45) is -2.56. The van der Waals surface area contributed by atoms with Crippen LogP contribution in [0.4, 0.5) is 13.2 Å². The number of guanidine groups is 1. The van der Waals surface area contributed by atoms with Crippen LogP contribution in [0.2, 0.25) is 0 Å². The predicted octanol–water partition coefficient (Wildman–Crippen LogP) is 3.60. The van der Waals surface area contributed by atoms with Gasteiger partial charge in [0, 0.05) is 26.2 Å². The topological polar surface area (TPSA) is 48.9 Å². The number of hydrogen-bond acceptors (Lipinski definition) is 3. The molecule has 0 amide bonds. The zero-order valence-corrected chi connectivity index (χ0v) is 19.6. The molecule has 0 aliphatic carbocycles. The molecule has 1 atom stereocenters. The number of nitrogens with one attached hydrogen (secondary N) is 2. The lowest BCUT2D eigenvalue weighted by Crippen LogP contribution is -2.38. The number of likely N-dealkylation sites (tertiary alicyclic amines) is 1. The molecule has 1 aromatic rings. The molecular formula is C20H32F3IN4O. The van der Waals surface area contributed by atoms with Crippen molar-refractivity contribution in [2.75, 3.05) is 46.4 Å². The van der Waals surface area contributed by atoms with Crippen molar-refractivity contribution in [2.45, 2.75) is 32.9 Å². The van der Waals surface area contributed by atoms with Crippen LogP contribution in [0.15, 0.2) is 23.2 Å². The van der Waals surface area contributed by atoms with Gasteiger partial charge >= 0.3 is 6.18 Å². The largest absolute Gasteiger partial charge is 0.496 e. The number of aryl methyl sites for hydroxylation is 1. The highest BCUT2D eigenvalue weighted by Gasteiger charge is 2.34. The third-order valence-electron chi connectivity index (χ3n) is 4.80. The van der Waals surface area contributed by atoms with Crippen molar-refractivity contribution in [3.05, 3.63) is 29.3 Å². The van der Waals surface area contributed by atoms with Crippen LogP contribution in [0.25, 0.3) is 0 Å². The lowest BCUT2D eigenvalue weighted by molar-refractivity contribution is -0.143. The van der Waals surface area contributed by atoms with Crippen molar-refractivity contribution in [3.8, 4) is 5.75 Å². The lowest BCUT2D eigenvalue weighted by Gasteiger charge is -2.17. The monoisotopic (exact) mass is 528 g/mol. The number of nitrogens with zero attached hydrogens (tertiary/aromatic N) is 2. The van der Waals surface area contributed by atoms with Crippen LogP contribution in [0, 0.1) is 12.8 Å². The van der Waals surface area contributed by atoms with Crippen LogP contribution in [-0.4, -0.2) is 63.4 Å². The van der Waals surface area contributed by atoms with Gasteiger partial charge in [0.1, 0.15) is 5.75 Å². The van der Waals surface area contributed by atoms with Gasteiger partial charge in [-0.15, -0.1) is 24.0 Å². The van der Waals surface area contributed by atoms with E-state index in [0.717, 1.165) is 30.7 Å². The number of aliphatic imine (C=N–C) groups is 1. The number of hydrogen-bond donors (Lipinski definition) is 2. The molecule has 0 spiro atoms. The van der Waals surface area contributed by atoms with Crippen LogP contribution >= 0.6 is 24.0 Å². The molecule has 1 aliphatic rings. The number of ether oxygens (including phenoxy) is 1. The number of methoxy groups -OCH3 is 1. The Morgan fingerprint density at radius 1 is 1.31 bits per heavy atom. The second-order valence-corrected chi connectivity index (χ2v) is 7.21. The maximum Gasteiger partial charge on any atom is 0.401 e. The first kappa shape index (κ1) is 25.8. The van der Waals surface area contributed by atoms with Gasteiger partial charge in [0.15, 0.2) is 5.96 Å². The van der Waals surface area contributed by atoms with Crippen LogP contribution in [0.3, 0.4) is 0 Å². The highest BCUT2D eigenvalue weighted by Crippen LogP contribution is 2.23. The van der Waals surface area contributed by atoms with E-state index in [1.54, 1.807) is 7.11 Å². The zero-order valence-electron chi connectivity index (χ0n) is 17.3. The second-order valence-electron chi connectivity index (χ2n) is 7.21. The third kappa shape index (κ3) is 9.41. The minimum absolute atomic E-state index is 0. The summed E-state index contributed by atoms with van der Waals surface area (Å²) in [6.45, 7) is 6.08. The summed E-state index contributed by atoms with van der Waals surface area (Å²) < 4.78 is 42.9. The molecule has 29 heavy (non-hydrogen) atoms. The van der Waals surface area contributed by atoms with Crippen molar-refractivity contribution in [3.63, 3.8) is 0 Å². The molecule has 1 saturated heterocycles. The molecule has 5 nitrogen and oxygen atoms in total. The Kier molecular flexibility index (Phi) is 11.1. The fraction of sp³-hybridized carbons (Fsp3) is 0.650. The summed E-state index contributed by atoms with van der Waals surface area (Å²) in [5.74, 6) is 1.75. The molecule has 2 N–H and O–H groups in total. The smallest absolute Gasteiger partial charge is 0.401 e. The highest BCUT2D eigenvalue weighted by atomic mass is 127. The van der Waals surface area contributed by atoms with Gasteiger partial charge in [-0.2, -0.15) is 13.2 Å². The van der Waals surface area contributed by atoms with E-state index in [1.165, 1.54) is 10.5 Å². The first-order valence-corrected chi connectivity index (χ1v) is 9.75. The van der Waals surface area contributed by atoms with E-state index >= 15 is 0 Å². The summed E-state index contributed by atoms with van der Waals surface area (Å²) in [7, 11) is 1.67. The number of benzene rings is 1. The molecule has 0 saturated carbocycles. The van der Waals surface area contributed by atoms with Gasteiger partial charge in [-0.05, 0) is 56.3 Å². The molecule has 1 unspecified atom stereocenters. The maximum absolute atomic E-state index is 12.5. The maximum atomic E-state index is 12.5. The number of halogens is 4. The molecular weight excluding hydrogens is 496 g/mol. The van der Waals surface area contributed by atoms with Gasteiger partial charge in [0.05, 0.1) is 13.7 Å². The Labute approximate surface area is 188 Å². The summed E-state index contributed by atoms with van der Waals surface area (Å²) in [6, 6.07) is 6.16. The molecule has 1 fully saturated rings. The fourth-order valence-electron chi connectivity index (χ4n) is 3.37. The van der Waals surface area contributed by atoms with E-state index in [4.69, 9.17) is 4.74 Å². The van der Waals surface area contributed by atoms with E-state index in [-0.39, 0.29) is 29.9 Å². The zero-order chi connectivity index (χ0) is 20.6. The van der Waals surface area contributed by atoms with Gasteiger partial charge in [-0.1, -0.05) is 12.1 Å². The summed E-state index contributed by atoms with van der Waals surface area (Å²) >= 11 is 0. The summed E-state index contributed by atoms with van der Waals surface area (Å²) in [5, 5.41) is 6.49. The second kappa shape index (κ2) is 12.5. The van der Waals surface area contributed by atoms with Gasteiger partial charge < -0.3 is 15.4 Å². The molecule has 1 heterocycles. The van der Waals surface area contributed by atoms with Gasteiger partial charge in [-0.3, -0.25) is 9.89 Å². The minimum Gasteiger partial charge on any atom is -0.496 e. The van der Waals surface area contributed by atoms with E-state index in [9.17, 15) is 13.2 Å². The van der Waals surface area contributed by atoms with E-state index in [0.29, 0.717) is 32.1 Å². The lowest BCUT2D eigenvalue weighted by atomic mass is 10.1. The Bertz CT molecular complexity index is 655. The molecule has 9 heteroatoms. The predicted molar refractivity (Wildman–Crippen MR) is 121 cm³/mol. The highest BCUT2D eigenvalue weighted by molar-refractivity contribution is 14.0. The first-order chi connectivity index (χ1) is 13.3. The van der Waals surface area contributed by atoms with Crippen molar-refractivity contribution < 1.29 is 17.9 Å². The normalized spacial score (nSPS) is 17.7. The Hall–Kier alpha value is -1.23. The molecule has 0 radical (unpaired) electrons. The quantitative estimate of drug-likeness (QED) is 0.308. The summed E-state index contributed by atoms with van der Waals surface area (Å²) in [4.78, 5) is 6.03. The van der Waals surface area contributed by atoms with Crippen LogP contribution < -0.4 is 15.4 Å². The fourth-order valence-corrected chi connectivity index (χ4v) is 3.37. The Morgan fingerprint density at radius 2 is 2.07 bits per heavy atom. The molecule has 166 valence electrons. The SMILES string of the molecule is CCNC(=NCC1CCN(CC(F)(F)F)C1)NCCc1ccc(C)c(OC)c1.I. The molecule has 1 aliphatic heterocycles. The Balaban J connectivity index is 0.00000420. The standard InChI is InChI=1S/C20H31F3N4O.HI/c1-4-24-19(25-9-7-16-6-5-15(2)18(11-16)28-3)26-12-17-8-10-27(13-17)14-20(21,22)23;/h5-6,11,17H,4,7-10,12-14H2,1-3H3,(H2,24,25,26);1H. The minimum atomic E-state index is -4.13. The average molecular weight is 528 g/mol. The molecule has 1 aromatic carbocycles. The molecule has 0 bridgehead atoms. The van der Waals surface area contributed by atoms with Crippen molar-refractivity contribution in [1.29, 1.82) is 0 Å². The van der Waals surface area contributed by atoms with E-state index in [1.807, 2.05) is 26.0 Å². The molecule has 0 aromatic heterocycles. The van der Waals surface area contributed by atoms with Crippen LogP contribution in [0.5, 0.6) is 5.75 Å². The third-order valence-corrected chi connectivity index (χ3v) is 4.80. The average Bonchev–Trinajstić information content (AvgIpc) is 3.06. The van der Waals surface area contributed by atoms with E-state index < -0.39 is 12.7 Å². The van der Waals surface area contributed by atoms with Crippen molar-refractivity contribution >= 4 is 29.9 Å².